The maximum Gasteiger partial charge on any atom is 0.0663 e. The summed E-state index contributed by atoms with van der Waals surface area (Å²) in [5.41, 5.74) is 1.16. The van der Waals surface area contributed by atoms with Crippen LogP contribution in [0.2, 0.25) is 0 Å². The molecule has 1 aliphatic heterocycles. The number of aliphatic hydroxyl groups is 1. The number of rotatable bonds is 5. The van der Waals surface area contributed by atoms with Gasteiger partial charge in [-0.2, -0.15) is 0 Å². The summed E-state index contributed by atoms with van der Waals surface area (Å²) in [4.78, 5) is 0. The van der Waals surface area contributed by atoms with Gasteiger partial charge in [0, 0.05) is 18.6 Å². The minimum absolute atomic E-state index is 0.117. The molecule has 1 heterocycles. The predicted molar refractivity (Wildman–Crippen MR) is 78.3 cm³/mol. The largest absolute Gasteiger partial charge is 0.392 e. The van der Waals surface area contributed by atoms with Gasteiger partial charge < -0.3 is 9.84 Å². The fraction of sp³-hybridized carbons (Fsp3) is 0.647. The standard InChI is InChI=1S/C17H26O2/c1-3-7-14(2)16(18)17(10-12-19-13-11-17)15-8-5-4-6-9-15/h4-6,8-9,14,16,18H,3,7,10-13H2,1-2H3. The first-order valence-corrected chi connectivity index (χ1v) is 7.52. The van der Waals surface area contributed by atoms with E-state index in [0.29, 0.717) is 5.92 Å². The molecule has 2 nitrogen and oxygen atoms in total. The van der Waals surface area contributed by atoms with Gasteiger partial charge in [0.15, 0.2) is 0 Å². The van der Waals surface area contributed by atoms with Crippen molar-refractivity contribution in [1.29, 1.82) is 0 Å². The van der Waals surface area contributed by atoms with Crippen molar-refractivity contribution in [3.05, 3.63) is 35.9 Å². The minimum Gasteiger partial charge on any atom is -0.392 e. The third kappa shape index (κ3) is 3.01. The number of ether oxygens (including phenoxy) is 1. The molecule has 2 heteroatoms. The van der Waals surface area contributed by atoms with Crippen LogP contribution in [-0.4, -0.2) is 24.4 Å². The Balaban J connectivity index is 2.29. The lowest BCUT2D eigenvalue weighted by Gasteiger charge is -2.44. The highest BCUT2D eigenvalue weighted by molar-refractivity contribution is 5.28. The topological polar surface area (TPSA) is 29.5 Å². The van der Waals surface area contributed by atoms with Crippen LogP contribution in [0.4, 0.5) is 0 Å². The molecule has 2 rings (SSSR count). The van der Waals surface area contributed by atoms with Crippen LogP contribution >= 0.6 is 0 Å². The van der Waals surface area contributed by atoms with E-state index in [9.17, 15) is 5.11 Å². The Morgan fingerprint density at radius 1 is 1.21 bits per heavy atom. The highest BCUT2D eigenvalue weighted by Gasteiger charge is 2.42. The van der Waals surface area contributed by atoms with Gasteiger partial charge in [0.2, 0.25) is 0 Å². The Morgan fingerprint density at radius 3 is 2.42 bits per heavy atom. The van der Waals surface area contributed by atoms with Crippen LogP contribution in [-0.2, 0) is 10.2 Å². The second-order valence-electron chi connectivity index (χ2n) is 5.85. The molecule has 1 saturated heterocycles. The molecule has 1 fully saturated rings. The van der Waals surface area contributed by atoms with Crippen LogP contribution in [0.1, 0.15) is 45.1 Å². The summed E-state index contributed by atoms with van der Waals surface area (Å²) >= 11 is 0. The molecule has 1 aliphatic rings. The van der Waals surface area contributed by atoms with Crippen molar-refractivity contribution in [3.63, 3.8) is 0 Å². The first-order chi connectivity index (χ1) is 9.20. The van der Waals surface area contributed by atoms with E-state index in [1.807, 2.05) is 6.07 Å². The molecule has 106 valence electrons. The SMILES string of the molecule is CCCC(C)C(O)C1(c2ccccc2)CCOCC1. The van der Waals surface area contributed by atoms with Crippen molar-refractivity contribution in [1.82, 2.24) is 0 Å². The van der Waals surface area contributed by atoms with E-state index in [2.05, 4.69) is 38.1 Å². The molecule has 0 bridgehead atoms. The molecule has 2 unspecified atom stereocenters. The predicted octanol–water partition coefficient (Wildman–Crippen LogP) is 3.53. The lowest BCUT2D eigenvalue weighted by Crippen LogP contribution is -2.47. The number of benzene rings is 1. The molecule has 1 aromatic carbocycles. The average Bonchev–Trinajstić information content (AvgIpc) is 2.48. The van der Waals surface area contributed by atoms with E-state index in [4.69, 9.17) is 4.74 Å². The van der Waals surface area contributed by atoms with E-state index in [-0.39, 0.29) is 11.5 Å². The van der Waals surface area contributed by atoms with Crippen LogP contribution in [0, 0.1) is 5.92 Å². The summed E-state index contributed by atoms with van der Waals surface area (Å²) < 4.78 is 5.53. The Morgan fingerprint density at radius 2 is 1.84 bits per heavy atom. The molecule has 0 spiro atoms. The van der Waals surface area contributed by atoms with E-state index < -0.39 is 0 Å². The second kappa shape index (κ2) is 6.53. The van der Waals surface area contributed by atoms with Gasteiger partial charge in [-0.05, 0) is 30.7 Å². The van der Waals surface area contributed by atoms with E-state index in [0.717, 1.165) is 38.9 Å². The van der Waals surface area contributed by atoms with E-state index in [1.54, 1.807) is 0 Å². The zero-order chi connectivity index (χ0) is 13.7. The van der Waals surface area contributed by atoms with Gasteiger partial charge in [0.1, 0.15) is 0 Å². The van der Waals surface area contributed by atoms with Crippen LogP contribution in [0.15, 0.2) is 30.3 Å². The molecular formula is C17H26O2. The zero-order valence-corrected chi connectivity index (χ0v) is 12.1. The summed E-state index contributed by atoms with van der Waals surface area (Å²) in [5, 5.41) is 10.9. The summed E-state index contributed by atoms with van der Waals surface area (Å²) in [6.07, 6.45) is 3.77. The van der Waals surface area contributed by atoms with Gasteiger partial charge in [0.05, 0.1) is 6.10 Å². The van der Waals surface area contributed by atoms with Crippen molar-refractivity contribution in [2.75, 3.05) is 13.2 Å². The van der Waals surface area contributed by atoms with Gasteiger partial charge in [-0.1, -0.05) is 50.6 Å². The zero-order valence-electron chi connectivity index (χ0n) is 12.1. The maximum absolute atomic E-state index is 10.9. The third-order valence-corrected chi connectivity index (χ3v) is 4.58. The molecular weight excluding hydrogens is 236 g/mol. The average molecular weight is 262 g/mol. The molecule has 0 aliphatic carbocycles. The molecule has 0 amide bonds. The molecule has 0 saturated carbocycles. The van der Waals surface area contributed by atoms with Crippen LogP contribution in [0.25, 0.3) is 0 Å². The van der Waals surface area contributed by atoms with Crippen molar-refractivity contribution < 1.29 is 9.84 Å². The fourth-order valence-electron chi connectivity index (χ4n) is 3.42. The van der Waals surface area contributed by atoms with E-state index in [1.165, 1.54) is 5.56 Å². The Bertz CT molecular complexity index is 368. The van der Waals surface area contributed by atoms with Crippen LogP contribution in [0.5, 0.6) is 0 Å². The van der Waals surface area contributed by atoms with Crippen molar-refractivity contribution in [2.24, 2.45) is 5.92 Å². The number of hydrogen-bond acceptors (Lipinski definition) is 2. The Hall–Kier alpha value is -0.860. The molecule has 0 radical (unpaired) electrons. The molecule has 1 aromatic rings. The monoisotopic (exact) mass is 262 g/mol. The normalized spacial score (nSPS) is 21.8. The van der Waals surface area contributed by atoms with Gasteiger partial charge in [-0.25, -0.2) is 0 Å². The van der Waals surface area contributed by atoms with Gasteiger partial charge in [0.25, 0.3) is 0 Å². The maximum atomic E-state index is 10.9. The Kier molecular flexibility index (Phi) is 5.00. The van der Waals surface area contributed by atoms with Gasteiger partial charge in [-0.3, -0.25) is 0 Å². The summed E-state index contributed by atoms with van der Waals surface area (Å²) in [7, 11) is 0. The summed E-state index contributed by atoms with van der Waals surface area (Å²) in [6, 6.07) is 10.5. The van der Waals surface area contributed by atoms with Crippen LogP contribution in [0.3, 0.4) is 0 Å². The van der Waals surface area contributed by atoms with Gasteiger partial charge >= 0.3 is 0 Å². The summed E-state index contributed by atoms with van der Waals surface area (Å²) in [6.45, 7) is 5.87. The second-order valence-corrected chi connectivity index (χ2v) is 5.85. The highest BCUT2D eigenvalue weighted by Crippen LogP contribution is 2.41. The number of hydrogen-bond donors (Lipinski definition) is 1. The fourth-order valence-corrected chi connectivity index (χ4v) is 3.42. The lowest BCUT2D eigenvalue weighted by molar-refractivity contribution is -0.0389. The lowest BCUT2D eigenvalue weighted by atomic mass is 9.66. The van der Waals surface area contributed by atoms with Gasteiger partial charge in [-0.15, -0.1) is 0 Å². The first kappa shape index (κ1) is 14.5. The Labute approximate surface area is 116 Å². The first-order valence-electron chi connectivity index (χ1n) is 7.52. The van der Waals surface area contributed by atoms with Crippen molar-refractivity contribution >= 4 is 0 Å². The quantitative estimate of drug-likeness (QED) is 0.879. The summed E-state index contributed by atoms with van der Waals surface area (Å²) in [5.74, 6) is 0.336. The third-order valence-electron chi connectivity index (χ3n) is 4.58. The van der Waals surface area contributed by atoms with Crippen LogP contribution < -0.4 is 0 Å². The van der Waals surface area contributed by atoms with E-state index >= 15 is 0 Å². The number of aliphatic hydroxyl groups excluding tert-OH is 1. The molecule has 0 aromatic heterocycles. The van der Waals surface area contributed by atoms with Crippen molar-refractivity contribution in [3.8, 4) is 0 Å². The smallest absolute Gasteiger partial charge is 0.0663 e. The molecule has 2 atom stereocenters. The molecule has 19 heavy (non-hydrogen) atoms. The minimum atomic E-state index is -0.279. The highest BCUT2D eigenvalue weighted by atomic mass is 16.5. The van der Waals surface area contributed by atoms with Crippen molar-refractivity contribution in [2.45, 2.75) is 51.0 Å². The molecule has 1 N–H and O–H groups in total.